The van der Waals surface area contributed by atoms with Crippen LogP contribution in [0.25, 0.3) is 0 Å². The molecule has 0 spiro atoms. The second-order valence-corrected chi connectivity index (χ2v) is 8.42. The highest BCUT2D eigenvalue weighted by atomic mass is 16.5. The first-order valence-electron chi connectivity index (χ1n) is 10.6. The molecule has 1 saturated carbocycles. The predicted octanol–water partition coefficient (Wildman–Crippen LogP) is 5.52. The number of fused-ring (bicyclic) bond motifs is 1. The molecule has 0 heterocycles. The van der Waals surface area contributed by atoms with Crippen molar-refractivity contribution in [1.82, 2.24) is 0 Å². The van der Waals surface area contributed by atoms with E-state index in [4.69, 9.17) is 9.47 Å². The molecule has 27 heavy (non-hydrogen) atoms. The summed E-state index contributed by atoms with van der Waals surface area (Å²) in [4.78, 5) is 24.2. The molecule has 0 amide bonds. The molecular weight excluding hydrogens is 340 g/mol. The lowest BCUT2D eigenvalue weighted by molar-refractivity contribution is -0.143. The summed E-state index contributed by atoms with van der Waals surface area (Å²) in [6, 6.07) is 0. The van der Waals surface area contributed by atoms with Crippen LogP contribution in [0.5, 0.6) is 0 Å². The first-order valence-corrected chi connectivity index (χ1v) is 10.6. The van der Waals surface area contributed by atoms with Gasteiger partial charge in [0, 0.05) is 24.2 Å². The number of carbonyl (C=O) groups excluding carboxylic acids is 2. The van der Waals surface area contributed by atoms with Gasteiger partial charge in [-0.3, -0.25) is 9.59 Å². The van der Waals surface area contributed by atoms with Crippen LogP contribution < -0.4 is 0 Å². The Morgan fingerprint density at radius 1 is 1.19 bits per heavy atom. The first kappa shape index (κ1) is 21.7. The molecule has 0 saturated heterocycles. The zero-order chi connectivity index (χ0) is 19.9. The van der Waals surface area contributed by atoms with Gasteiger partial charge in [-0.05, 0) is 38.2 Å². The van der Waals surface area contributed by atoms with Crippen LogP contribution in [0.1, 0.15) is 85.5 Å². The number of hydrogen-bond acceptors (Lipinski definition) is 4. The maximum atomic E-state index is 12.7. The number of rotatable bonds is 11. The van der Waals surface area contributed by atoms with Gasteiger partial charge in [0.15, 0.2) is 0 Å². The van der Waals surface area contributed by atoms with Crippen LogP contribution >= 0.6 is 0 Å². The van der Waals surface area contributed by atoms with Crippen LogP contribution in [0.4, 0.5) is 0 Å². The molecule has 0 bridgehead atoms. The maximum Gasteiger partial charge on any atom is 0.305 e. The third kappa shape index (κ3) is 5.95. The van der Waals surface area contributed by atoms with Gasteiger partial charge >= 0.3 is 5.97 Å². The molecule has 2 aliphatic carbocycles. The number of esters is 1. The largest absolute Gasteiger partial charge is 0.498 e. The van der Waals surface area contributed by atoms with E-state index >= 15 is 0 Å². The van der Waals surface area contributed by atoms with Crippen LogP contribution in [0.3, 0.4) is 0 Å². The molecule has 0 aromatic carbocycles. The SMILES string of the molecule is CCCCCCC1=C(OCCCC(=O)OCC)CC2C(=O)C(C)(C)CC2=C1. The number of carbonyl (C=O) groups is 2. The van der Waals surface area contributed by atoms with Crippen LogP contribution in [0, 0.1) is 11.3 Å². The summed E-state index contributed by atoms with van der Waals surface area (Å²) in [7, 11) is 0. The lowest BCUT2D eigenvalue weighted by atomic mass is 9.86. The van der Waals surface area contributed by atoms with Gasteiger partial charge in [0.05, 0.1) is 13.2 Å². The molecule has 0 aromatic rings. The van der Waals surface area contributed by atoms with Gasteiger partial charge in [-0.15, -0.1) is 0 Å². The van der Waals surface area contributed by atoms with Crippen molar-refractivity contribution in [2.24, 2.45) is 11.3 Å². The molecule has 0 radical (unpaired) electrons. The minimum Gasteiger partial charge on any atom is -0.498 e. The number of hydrogen-bond donors (Lipinski definition) is 0. The standard InChI is InChI=1S/C23H36O4/c1-5-7-8-9-11-17-14-18-16-23(3,4)22(25)19(18)15-20(17)27-13-10-12-21(24)26-6-2/h14,19H,5-13,15-16H2,1-4H3. The maximum absolute atomic E-state index is 12.7. The van der Waals surface area contributed by atoms with E-state index in [1.165, 1.54) is 30.4 Å². The number of Topliss-reactive ketones (excluding diaryl/α,β-unsaturated/α-hetero) is 1. The van der Waals surface area contributed by atoms with Gasteiger partial charge in [0.25, 0.3) is 0 Å². The molecule has 2 rings (SSSR count). The Morgan fingerprint density at radius 2 is 1.96 bits per heavy atom. The number of ketones is 1. The van der Waals surface area contributed by atoms with Crippen LogP contribution in [0.2, 0.25) is 0 Å². The molecule has 152 valence electrons. The predicted molar refractivity (Wildman–Crippen MR) is 107 cm³/mol. The highest BCUT2D eigenvalue weighted by Gasteiger charge is 2.45. The van der Waals surface area contributed by atoms with Crippen LogP contribution in [0.15, 0.2) is 23.0 Å². The Balaban J connectivity index is 1.99. The Bertz CT molecular complexity index is 597. The molecule has 0 aromatic heterocycles. The van der Waals surface area contributed by atoms with Gasteiger partial charge < -0.3 is 9.47 Å². The summed E-state index contributed by atoms with van der Waals surface area (Å²) < 4.78 is 11.0. The molecule has 4 nitrogen and oxygen atoms in total. The number of allylic oxidation sites excluding steroid dienone is 4. The minimum atomic E-state index is -0.261. The van der Waals surface area contributed by atoms with E-state index in [1.54, 1.807) is 0 Å². The molecule has 1 fully saturated rings. The molecule has 2 aliphatic rings. The smallest absolute Gasteiger partial charge is 0.305 e. The Kier molecular flexibility index (Phi) is 8.12. The second-order valence-electron chi connectivity index (χ2n) is 8.42. The zero-order valence-corrected chi connectivity index (χ0v) is 17.6. The van der Waals surface area contributed by atoms with Crippen molar-refractivity contribution in [3.05, 3.63) is 23.0 Å². The number of ether oxygens (including phenoxy) is 2. The molecule has 0 N–H and O–H groups in total. The highest BCUT2D eigenvalue weighted by Crippen LogP contribution is 2.47. The third-order valence-corrected chi connectivity index (χ3v) is 5.59. The quantitative estimate of drug-likeness (QED) is 0.352. The fraction of sp³-hybridized carbons (Fsp3) is 0.739. The molecule has 1 unspecified atom stereocenters. The van der Waals surface area contributed by atoms with Crippen molar-refractivity contribution in [2.75, 3.05) is 13.2 Å². The van der Waals surface area contributed by atoms with E-state index < -0.39 is 0 Å². The average molecular weight is 377 g/mol. The normalized spacial score (nSPS) is 21.1. The monoisotopic (exact) mass is 376 g/mol. The van der Waals surface area contributed by atoms with Crippen molar-refractivity contribution < 1.29 is 19.1 Å². The second kappa shape index (κ2) is 10.1. The average Bonchev–Trinajstić information content (AvgIpc) is 2.84. The first-order chi connectivity index (χ1) is 12.9. The van der Waals surface area contributed by atoms with Crippen LogP contribution in [-0.2, 0) is 19.1 Å². The van der Waals surface area contributed by atoms with Crippen molar-refractivity contribution in [2.45, 2.75) is 85.5 Å². The van der Waals surface area contributed by atoms with E-state index in [9.17, 15) is 9.59 Å². The molecule has 0 aliphatic heterocycles. The molecular formula is C23H36O4. The minimum absolute atomic E-state index is 0.0144. The van der Waals surface area contributed by atoms with Crippen molar-refractivity contribution in [3.8, 4) is 0 Å². The van der Waals surface area contributed by atoms with E-state index in [2.05, 4.69) is 26.8 Å². The summed E-state index contributed by atoms with van der Waals surface area (Å²) in [5.74, 6) is 1.12. The zero-order valence-electron chi connectivity index (χ0n) is 17.6. The van der Waals surface area contributed by atoms with E-state index in [0.717, 1.165) is 25.0 Å². The van der Waals surface area contributed by atoms with Gasteiger partial charge in [-0.25, -0.2) is 0 Å². The summed E-state index contributed by atoms with van der Waals surface area (Å²) in [5.41, 5.74) is 2.29. The Morgan fingerprint density at radius 3 is 2.67 bits per heavy atom. The third-order valence-electron chi connectivity index (χ3n) is 5.59. The van der Waals surface area contributed by atoms with Crippen molar-refractivity contribution >= 4 is 11.8 Å². The fourth-order valence-corrected chi connectivity index (χ4v) is 4.11. The Hall–Kier alpha value is -1.58. The van der Waals surface area contributed by atoms with Gasteiger partial charge in [-0.2, -0.15) is 0 Å². The summed E-state index contributed by atoms with van der Waals surface area (Å²) >= 11 is 0. The highest BCUT2D eigenvalue weighted by molar-refractivity contribution is 5.93. The van der Waals surface area contributed by atoms with E-state index in [-0.39, 0.29) is 17.3 Å². The lowest BCUT2D eigenvalue weighted by Gasteiger charge is -2.23. The summed E-state index contributed by atoms with van der Waals surface area (Å²) in [5, 5.41) is 0. The lowest BCUT2D eigenvalue weighted by Crippen LogP contribution is -2.23. The topological polar surface area (TPSA) is 52.6 Å². The summed E-state index contributed by atoms with van der Waals surface area (Å²) in [6.45, 7) is 9.05. The number of unbranched alkanes of at least 4 members (excludes halogenated alkanes) is 3. The van der Waals surface area contributed by atoms with Crippen molar-refractivity contribution in [1.29, 1.82) is 0 Å². The fourth-order valence-electron chi connectivity index (χ4n) is 4.11. The molecule has 1 atom stereocenters. The van der Waals surface area contributed by atoms with Gasteiger partial charge in [0.1, 0.15) is 11.5 Å². The van der Waals surface area contributed by atoms with E-state index in [0.29, 0.717) is 38.3 Å². The molecule has 4 heteroatoms. The van der Waals surface area contributed by atoms with Gasteiger partial charge in [-0.1, -0.05) is 51.7 Å². The van der Waals surface area contributed by atoms with Crippen LogP contribution in [-0.4, -0.2) is 25.0 Å². The van der Waals surface area contributed by atoms with E-state index in [1.807, 2.05) is 6.92 Å². The summed E-state index contributed by atoms with van der Waals surface area (Å²) in [6.07, 6.45) is 10.7. The van der Waals surface area contributed by atoms with Gasteiger partial charge in [0.2, 0.25) is 0 Å². The Labute approximate surface area is 164 Å². The van der Waals surface area contributed by atoms with Crippen molar-refractivity contribution in [3.63, 3.8) is 0 Å².